The minimum absolute atomic E-state index is 0.260. The van der Waals surface area contributed by atoms with Gasteiger partial charge in [-0.15, -0.1) is 0 Å². The van der Waals surface area contributed by atoms with Gasteiger partial charge in [0, 0.05) is 6.42 Å². The van der Waals surface area contributed by atoms with Crippen LogP contribution in [0.4, 0.5) is 4.79 Å². The van der Waals surface area contributed by atoms with E-state index in [-0.39, 0.29) is 6.61 Å². The second-order valence-electron chi connectivity index (χ2n) is 5.30. The van der Waals surface area contributed by atoms with E-state index < -0.39 is 18.2 Å². The fourth-order valence-electron chi connectivity index (χ4n) is 2.31. The van der Waals surface area contributed by atoms with Gasteiger partial charge in [0.2, 0.25) is 6.29 Å². The summed E-state index contributed by atoms with van der Waals surface area (Å²) in [6.45, 7) is 4.37. The van der Waals surface area contributed by atoms with E-state index in [4.69, 9.17) is 19.9 Å². The van der Waals surface area contributed by atoms with Crippen LogP contribution in [0.5, 0.6) is 0 Å². The molecule has 5 heteroatoms. The van der Waals surface area contributed by atoms with Crippen molar-refractivity contribution in [2.75, 3.05) is 6.61 Å². The molecule has 1 fully saturated rings. The van der Waals surface area contributed by atoms with Crippen LogP contribution >= 0.6 is 0 Å². The molecule has 0 aliphatic carbocycles. The molecule has 0 aromatic heterocycles. The molecular weight excluding hydrogens is 246 g/mol. The highest BCUT2D eigenvalue weighted by Crippen LogP contribution is 2.29. The highest BCUT2D eigenvalue weighted by Gasteiger charge is 2.38. The Morgan fingerprint density at radius 3 is 2.53 bits per heavy atom. The van der Waals surface area contributed by atoms with Crippen molar-refractivity contribution in [1.29, 1.82) is 0 Å². The Morgan fingerprint density at radius 1 is 1.26 bits per heavy atom. The van der Waals surface area contributed by atoms with Gasteiger partial charge in [-0.25, -0.2) is 4.79 Å². The summed E-state index contributed by atoms with van der Waals surface area (Å²) in [5.74, 6) is -0.635. The first-order chi connectivity index (χ1) is 9.06. The molecule has 19 heavy (non-hydrogen) atoms. The number of nitrogens with two attached hydrogens (primary N) is 1. The van der Waals surface area contributed by atoms with E-state index in [1.54, 1.807) is 0 Å². The molecule has 1 saturated heterocycles. The molecule has 5 nitrogen and oxygen atoms in total. The Kier molecular flexibility index (Phi) is 7.16. The third kappa shape index (κ3) is 6.78. The first-order valence-corrected chi connectivity index (χ1v) is 7.33. The molecule has 1 aliphatic heterocycles. The highest BCUT2D eigenvalue weighted by atomic mass is 16.8. The first kappa shape index (κ1) is 16.2. The van der Waals surface area contributed by atoms with Crippen LogP contribution in [0.1, 0.15) is 65.2 Å². The Morgan fingerprint density at radius 2 is 1.89 bits per heavy atom. The van der Waals surface area contributed by atoms with Gasteiger partial charge in [-0.3, -0.25) is 0 Å². The Balaban J connectivity index is 2.07. The molecule has 2 N–H and O–H groups in total. The topological polar surface area (TPSA) is 70.8 Å². The smallest absolute Gasteiger partial charge is 0.406 e. The molecular formula is C14H27NO4. The van der Waals surface area contributed by atoms with E-state index >= 15 is 0 Å². The summed E-state index contributed by atoms with van der Waals surface area (Å²) in [7, 11) is 0. The monoisotopic (exact) mass is 273 g/mol. The molecule has 0 bridgehead atoms. The van der Waals surface area contributed by atoms with E-state index in [0.29, 0.717) is 0 Å². The molecule has 112 valence electrons. The number of ether oxygens (including phenoxy) is 3. The van der Waals surface area contributed by atoms with Crippen molar-refractivity contribution in [3.63, 3.8) is 0 Å². The van der Waals surface area contributed by atoms with Crippen LogP contribution < -0.4 is 5.73 Å². The molecule has 0 saturated carbocycles. The lowest BCUT2D eigenvalue weighted by atomic mass is 10.1. The van der Waals surface area contributed by atoms with Crippen LogP contribution in [-0.4, -0.2) is 24.8 Å². The lowest BCUT2D eigenvalue weighted by Crippen LogP contribution is -2.29. The second kappa shape index (κ2) is 8.38. The zero-order valence-corrected chi connectivity index (χ0v) is 12.2. The van der Waals surface area contributed by atoms with E-state index in [2.05, 4.69) is 6.92 Å². The minimum atomic E-state index is -0.825. The van der Waals surface area contributed by atoms with Gasteiger partial charge in [-0.05, 0) is 13.3 Å². The summed E-state index contributed by atoms with van der Waals surface area (Å²) < 4.78 is 15.9. The van der Waals surface area contributed by atoms with E-state index in [1.807, 2.05) is 6.92 Å². The molecule has 1 heterocycles. The number of carbonyl (C=O) groups excluding carboxylic acids is 1. The van der Waals surface area contributed by atoms with Gasteiger partial charge < -0.3 is 19.9 Å². The van der Waals surface area contributed by atoms with E-state index in [9.17, 15) is 4.79 Å². The summed E-state index contributed by atoms with van der Waals surface area (Å²) >= 11 is 0. The summed E-state index contributed by atoms with van der Waals surface area (Å²) in [5, 5.41) is 0. The number of amides is 1. The maximum absolute atomic E-state index is 10.6. The maximum Gasteiger partial charge on any atom is 0.406 e. The number of primary amides is 1. The molecule has 0 spiro atoms. The zero-order chi connectivity index (χ0) is 14.1. The molecule has 1 aliphatic rings. The third-order valence-corrected chi connectivity index (χ3v) is 3.39. The average molecular weight is 273 g/mol. The third-order valence-electron chi connectivity index (χ3n) is 3.39. The second-order valence-corrected chi connectivity index (χ2v) is 5.30. The Hall–Kier alpha value is -0.810. The van der Waals surface area contributed by atoms with Gasteiger partial charge in [0.05, 0.1) is 0 Å². The molecule has 0 aromatic carbocycles. The van der Waals surface area contributed by atoms with Gasteiger partial charge in [0.15, 0.2) is 5.79 Å². The van der Waals surface area contributed by atoms with Crippen LogP contribution in [0.15, 0.2) is 0 Å². The summed E-state index contributed by atoms with van der Waals surface area (Å²) in [6, 6.07) is 0. The van der Waals surface area contributed by atoms with Crippen molar-refractivity contribution in [2.24, 2.45) is 5.73 Å². The number of hydrogen-bond acceptors (Lipinski definition) is 4. The number of rotatable bonds is 9. The number of carbonyl (C=O) groups is 1. The van der Waals surface area contributed by atoms with Gasteiger partial charge >= 0.3 is 6.09 Å². The van der Waals surface area contributed by atoms with Crippen LogP contribution in [0, 0.1) is 0 Å². The quantitative estimate of drug-likeness (QED) is 0.654. The predicted octanol–water partition coefficient (Wildman–Crippen LogP) is 3.31. The summed E-state index contributed by atoms with van der Waals surface area (Å²) in [6.07, 6.45) is 8.09. The lowest BCUT2D eigenvalue weighted by Gasteiger charge is -2.22. The maximum atomic E-state index is 10.6. The standard InChI is InChI=1S/C14H27NO4/c1-3-4-5-6-7-8-9-10-14(2)17-11-12(19-14)18-13(15)16/h12H,3-11H2,1-2H3,(H2,15,16). The van der Waals surface area contributed by atoms with Crippen LogP contribution in [0.2, 0.25) is 0 Å². The SMILES string of the molecule is CCCCCCCCCC1(C)OCC(OC(N)=O)O1. The molecule has 1 amide bonds. The largest absolute Gasteiger partial charge is 0.417 e. The first-order valence-electron chi connectivity index (χ1n) is 7.33. The summed E-state index contributed by atoms with van der Waals surface area (Å²) in [4.78, 5) is 10.6. The van der Waals surface area contributed by atoms with Gasteiger partial charge in [0.1, 0.15) is 6.61 Å². The lowest BCUT2D eigenvalue weighted by molar-refractivity contribution is -0.189. The zero-order valence-electron chi connectivity index (χ0n) is 12.2. The van der Waals surface area contributed by atoms with Crippen LogP contribution in [-0.2, 0) is 14.2 Å². The van der Waals surface area contributed by atoms with Crippen molar-refractivity contribution >= 4 is 6.09 Å². The van der Waals surface area contributed by atoms with Crippen LogP contribution in [0.25, 0.3) is 0 Å². The average Bonchev–Trinajstić information content (AvgIpc) is 2.69. The molecule has 0 aromatic rings. The fourth-order valence-corrected chi connectivity index (χ4v) is 2.31. The molecule has 2 unspecified atom stereocenters. The van der Waals surface area contributed by atoms with Crippen molar-refractivity contribution in [2.45, 2.75) is 77.3 Å². The Bertz CT molecular complexity index is 272. The van der Waals surface area contributed by atoms with Gasteiger partial charge in [-0.1, -0.05) is 45.4 Å². The Labute approximate surface area is 115 Å². The minimum Gasteiger partial charge on any atom is -0.417 e. The van der Waals surface area contributed by atoms with E-state index in [1.165, 1.54) is 38.5 Å². The van der Waals surface area contributed by atoms with E-state index in [0.717, 1.165) is 12.8 Å². The van der Waals surface area contributed by atoms with Crippen molar-refractivity contribution in [3.05, 3.63) is 0 Å². The van der Waals surface area contributed by atoms with Gasteiger partial charge in [-0.2, -0.15) is 0 Å². The fraction of sp³-hybridized carbons (Fsp3) is 0.929. The highest BCUT2D eigenvalue weighted by molar-refractivity contribution is 5.64. The van der Waals surface area contributed by atoms with Crippen molar-refractivity contribution in [1.82, 2.24) is 0 Å². The molecule has 1 rings (SSSR count). The normalized spacial score (nSPS) is 26.5. The van der Waals surface area contributed by atoms with Gasteiger partial charge in [0.25, 0.3) is 0 Å². The number of unbranched alkanes of at least 4 members (excludes halogenated alkanes) is 6. The van der Waals surface area contributed by atoms with Crippen molar-refractivity contribution in [3.8, 4) is 0 Å². The van der Waals surface area contributed by atoms with Crippen LogP contribution in [0.3, 0.4) is 0 Å². The molecule has 0 radical (unpaired) electrons. The summed E-state index contributed by atoms with van der Waals surface area (Å²) in [5.41, 5.74) is 4.94. The predicted molar refractivity (Wildman–Crippen MR) is 72.5 cm³/mol. The molecule has 2 atom stereocenters. The van der Waals surface area contributed by atoms with Crippen molar-refractivity contribution < 1.29 is 19.0 Å². The number of hydrogen-bond donors (Lipinski definition) is 1.